The summed E-state index contributed by atoms with van der Waals surface area (Å²) in [6.45, 7) is 0.536. The highest BCUT2D eigenvalue weighted by Crippen LogP contribution is 2.48. The number of thioether (sulfide) groups is 1. The molecule has 3 aromatic rings. The van der Waals surface area contributed by atoms with Crippen LogP contribution in [0.4, 0.5) is 11.4 Å². The average molecular weight is 577 g/mol. The SMILES string of the molecule is COc1ccc(C=C2SC(=S)N(CCCCCC(=O)N3c4ccccc4Sc4ccccc43)C2=O)cc1OC. The van der Waals surface area contributed by atoms with Crippen molar-refractivity contribution in [3.63, 3.8) is 0 Å². The van der Waals surface area contributed by atoms with Crippen LogP contribution < -0.4 is 14.4 Å². The first-order valence-electron chi connectivity index (χ1n) is 12.7. The number of benzene rings is 3. The molecule has 2 amide bonds. The van der Waals surface area contributed by atoms with Gasteiger partial charge in [-0.05, 0) is 60.9 Å². The Morgan fingerprint density at radius 2 is 1.54 bits per heavy atom. The first-order valence-corrected chi connectivity index (χ1v) is 14.7. The standard InChI is InChI=1S/C30H28N2O4S3/c1-35-23-16-15-20(18-24(23)36-2)19-27-29(34)31(30(37)39-27)17-9-3-4-14-28(33)32-21-10-5-7-12-25(21)38-26-13-8-6-11-22(26)32/h5-8,10-13,15-16,18-19H,3-4,9,14,17H2,1-2H3. The number of nitrogens with zero attached hydrogens (tertiary/aromatic N) is 2. The number of rotatable bonds is 9. The van der Waals surface area contributed by atoms with Crippen molar-refractivity contribution < 1.29 is 19.1 Å². The predicted octanol–water partition coefficient (Wildman–Crippen LogP) is 7.29. The van der Waals surface area contributed by atoms with Crippen LogP contribution in [0.15, 0.2) is 81.4 Å². The van der Waals surface area contributed by atoms with E-state index in [2.05, 4.69) is 12.1 Å². The number of methoxy groups -OCH3 is 2. The zero-order chi connectivity index (χ0) is 27.4. The minimum atomic E-state index is -0.0881. The number of hydrogen-bond acceptors (Lipinski definition) is 7. The molecule has 5 rings (SSSR count). The molecule has 6 nitrogen and oxygen atoms in total. The fraction of sp³-hybridized carbons (Fsp3) is 0.233. The van der Waals surface area contributed by atoms with Gasteiger partial charge in [0.2, 0.25) is 5.91 Å². The molecule has 200 valence electrons. The van der Waals surface area contributed by atoms with Crippen molar-refractivity contribution in [2.24, 2.45) is 0 Å². The topological polar surface area (TPSA) is 59.1 Å². The predicted molar refractivity (Wildman–Crippen MR) is 162 cm³/mol. The van der Waals surface area contributed by atoms with Crippen molar-refractivity contribution >= 4 is 69.3 Å². The third-order valence-electron chi connectivity index (χ3n) is 6.53. The molecule has 0 saturated carbocycles. The van der Waals surface area contributed by atoms with Crippen LogP contribution in [0.5, 0.6) is 11.5 Å². The minimum Gasteiger partial charge on any atom is -0.493 e. The van der Waals surface area contributed by atoms with Crippen LogP contribution in [0.2, 0.25) is 0 Å². The maximum Gasteiger partial charge on any atom is 0.266 e. The number of thiocarbonyl (C=S) groups is 1. The number of hydrogen-bond donors (Lipinski definition) is 0. The number of carbonyl (C=O) groups excluding carboxylic acids is 2. The van der Waals surface area contributed by atoms with Crippen molar-refractivity contribution in [2.45, 2.75) is 35.5 Å². The second-order valence-electron chi connectivity index (χ2n) is 9.03. The largest absolute Gasteiger partial charge is 0.493 e. The van der Waals surface area contributed by atoms with Gasteiger partial charge in [0.05, 0.1) is 30.5 Å². The number of carbonyl (C=O) groups is 2. The summed E-state index contributed by atoms with van der Waals surface area (Å²) in [6, 6.07) is 21.6. The molecule has 1 fully saturated rings. The van der Waals surface area contributed by atoms with Gasteiger partial charge in [0, 0.05) is 22.8 Å². The van der Waals surface area contributed by atoms with Gasteiger partial charge in [-0.15, -0.1) is 0 Å². The molecule has 9 heteroatoms. The normalized spacial score (nSPS) is 15.4. The van der Waals surface area contributed by atoms with Gasteiger partial charge in [0.1, 0.15) is 4.32 Å². The Morgan fingerprint density at radius 1 is 0.872 bits per heavy atom. The van der Waals surface area contributed by atoms with Crippen molar-refractivity contribution in [1.29, 1.82) is 0 Å². The average Bonchev–Trinajstić information content (AvgIpc) is 3.22. The summed E-state index contributed by atoms with van der Waals surface area (Å²) in [5, 5.41) is 0. The van der Waals surface area contributed by atoms with Crippen molar-refractivity contribution in [3.8, 4) is 11.5 Å². The summed E-state index contributed by atoms with van der Waals surface area (Å²) >= 11 is 8.50. The van der Waals surface area contributed by atoms with E-state index in [-0.39, 0.29) is 11.8 Å². The molecule has 1 saturated heterocycles. The quantitative estimate of drug-likeness (QED) is 0.151. The lowest BCUT2D eigenvalue weighted by molar-refractivity contribution is -0.122. The third-order valence-corrected chi connectivity index (χ3v) is 9.04. The Labute approximate surface area is 242 Å². The maximum atomic E-state index is 13.4. The molecule has 0 radical (unpaired) electrons. The van der Waals surface area contributed by atoms with Gasteiger partial charge in [-0.3, -0.25) is 19.4 Å². The molecule has 0 bridgehead atoms. The summed E-state index contributed by atoms with van der Waals surface area (Å²) in [6.07, 6.45) is 4.59. The fourth-order valence-corrected chi connectivity index (χ4v) is 6.96. The molecular formula is C30H28N2O4S3. The molecule has 2 heterocycles. The number of ether oxygens (including phenoxy) is 2. The van der Waals surface area contributed by atoms with Gasteiger partial charge in [-0.25, -0.2) is 0 Å². The summed E-state index contributed by atoms with van der Waals surface area (Å²) < 4.78 is 11.2. The zero-order valence-corrected chi connectivity index (χ0v) is 24.2. The van der Waals surface area contributed by atoms with Crippen LogP contribution in [-0.2, 0) is 9.59 Å². The van der Waals surface area contributed by atoms with E-state index in [1.807, 2.05) is 65.6 Å². The van der Waals surface area contributed by atoms with Crippen molar-refractivity contribution in [3.05, 3.63) is 77.2 Å². The summed E-state index contributed by atoms with van der Waals surface area (Å²) in [7, 11) is 3.17. The number of anilines is 2. The Bertz CT molecular complexity index is 1410. The van der Waals surface area contributed by atoms with Crippen LogP contribution in [0.25, 0.3) is 6.08 Å². The Kier molecular flexibility index (Phi) is 8.60. The van der Waals surface area contributed by atoms with Crippen LogP contribution in [0.1, 0.15) is 31.2 Å². The van der Waals surface area contributed by atoms with E-state index >= 15 is 0 Å². The van der Waals surface area contributed by atoms with Gasteiger partial charge in [-0.1, -0.05) is 72.5 Å². The number of unbranched alkanes of at least 4 members (excludes halogenated alkanes) is 2. The van der Waals surface area contributed by atoms with E-state index in [0.29, 0.717) is 33.7 Å². The molecule has 3 aromatic carbocycles. The highest BCUT2D eigenvalue weighted by molar-refractivity contribution is 8.26. The van der Waals surface area contributed by atoms with Crippen LogP contribution >= 0.6 is 35.7 Å². The van der Waals surface area contributed by atoms with Crippen molar-refractivity contribution in [1.82, 2.24) is 4.90 Å². The lowest BCUT2D eigenvalue weighted by Crippen LogP contribution is -2.29. The lowest BCUT2D eigenvalue weighted by atomic mass is 10.1. The highest BCUT2D eigenvalue weighted by Gasteiger charge is 2.32. The molecule has 39 heavy (non-hydrogen) atoms. The number of para-hydroxylation sites is 2. The van der Waals surface area contributed by atoms with E-state index in [1.165, 1.54) is 11.8 Å². The number of amides is 2. The highest BCUT2D eigenvalue weighted by atomic mass is 32.2. The zero-order valence-electron chi connectivity index (χ0n) is 21.7. The van der Waals surface area contributed by atoms with Crippen LogP contribution in [0, 0.1) is 0 Å². The van der Waals surface area contributed by atoms with E-state index < -0.39 is 0 Å². The Morgan fingerprint density at radius 3 is 2.21 bits per heavy atom. The first-order chi connectivity index (χ1) is 19.0. The molecule has 2 aliphatic heterocycles. The molecule has 0 aliphatic carbocycles. The first kappa shape index (κ1) is 27.3. The molecule has 0 atom stereocenters. The monoisotopic (exact) mass is 576 g/mol. The molecule has 0 aromatic heterocycles. The van der Waals surface area contributed by atoms with Crippen LogP contribution in [-0.4, -0.2) is 41.8 Å². The lowest BCUT2D eigenvalue weighted by Gasteiger charge is -2.31. The smallest absolute Gasteiger partial charge is 0.266 e. The Hall–Kier alpha value is -3.27. The maximum absolute atomic E-state index is 13.4. The van der Waals surface area contributed by atoms with E-state index in [9.17, 15) is 9.59 Å². The molecule has 2 aliphatic rings. The number of fused-ring (bicyclic) bond motifs is 2. The van der Waals surface area contributed by atoms with Gasteiger partial charge in [0.25, 0.3) is 5.91 Å². The Balaban J connectivity index is 1.16. The van der Waals surface area contributed by atoms with Gasteiger partial charge in [0.15, 0.2) is 11.5 Å². The van der Waals surface area contributed by atoms with Gasteiger partial charge >= 0.3 is 0 Å². The van der Waals surface area contributed by atoms with Crippen LogP contribution in [0.3, 0.4) is 0 Å². The second-order valence-corrected chi connectivity index (χ2v) is 11.8. The minimum absolute atomic E-state index is 0.0821. The van der Waals surface area contributed by atoms with Gasteiger partial charge in [-0.2, -0.15) is 0 Å². The molecule has 0 spiro atoms. The van der Waals surface area contributed by atoms with Crippen molar-refractivity contribution in [2.75, 3.05) is 25.7 Å². The molecule has 0 unspecified atom stereocenters. The van der Waals surface area contributed by atoms with E-state index in [1.54, 1.807) is 30.9 Å². The third kappa shape index (κ3) is 5.85. The fourth-order valence-electron chi connectivity index (χ4n) is 4.59. The second kappa shape index (κ2) is 12.3. The van der Waals surface area contributed by atoms with E-state index in [4.69, 9.17) is 21.7 Å². The van der Waals surface area contributed by atoms with Gasteiger partial charge < -0.3 is 9.47 Å². The summed E-state index contributed by atoms with van der Waals surface area (Å²) in [4.78, 5) is 32.7. The molecular weight excluding hydrogens is 549 g/mol. The summed E-state index contributed by atoms with van der Waals surface area (Å²) in [5.41, 5.74) is 2.71. The summed E-state index contributed by atoms with van der Waals surface area (Å²) in [5.74, 6) is 1.23. The van der Waals surface area contributed by atoms with E-state index in [0.717, 1.165) is 46.0 Å². The molecule has 0 N–H and O–H groups in total.